The van der Waals surface area contributed by atoms with Crippen molar-refractivity contribution in [1.82, 2.24) is 19.5 Å². The van der Waals surface area contributed by atoms with Crippen molar-refractivity contribution < 1.29 is 4.79 Å². The third-order valence-corrected chi connectivity index (χ3v) is 3.06. The minimum absolute atomic E-state index is 0.274. The van der Waals surface area contributed by atoms with Crippen molar-refractivity contribution in [3.63, 3.8) is 0 Å². The number of rotatable bonds is 3. The lowest BCUT2D eigenvalue weighted by molar-refractivity contribution is 0.102. The molecule has 104 valence electrons. The lowest BCUT2D eigenvalue weighted by Crippen LogP contribution is -2.15. The number of hydrogen-bond acceptors (Lipinski definition) is 4. The molecule has 3 aromatic rings. The zero-order valence-corrected chi connectivity index (χ0v) is 11.4. The number of para-hydroxylation sites is 1. The molecule has 0 unspecified atom stereocenters. The predicted octanol–water partition coefficient (Wildman–Crippen LogP) is 2.22. The second-order valence-electron chi connectivity index (χ2n) is 4.49. The Hall–Kier alpha value is -3.02. The molecule has 0 spiro atoms. The average Bonchev–Trinajstić information content (AvgIpc) is 3.02. The monoisotopic (exact) mass is 279 g/mol. The van der Waals surface area contributed by atoms with Gasteiger partial charge in [-0.3, -0.25) is 4.79 Å². The smallest absolute Gasteiger partial charge is 0.274 e. The molecule has 6 heteroatoms. The SMILES string of the molecule is Cc1cccc(NC(=O)c2ccncn2)c1-n1ccnc1. The first kappa shape index (κ1) is 13.0. The second kappa shape index (κ2) is 5.54. The summed E-state index contributed by atoms with van der Waals surface area (Å²) in [6.07, 6.45) is 8.12. The predicted molar refractivity (Wildman–Crippen MR) is 78.3 cm³/mol. The molecule has 6 nitrogen and oxygen atoms in total. The lowest BCUT2D eigenvalue weighted by atomic mass is 10.1. The standard InChI is InChI=1S/C15H13N5O/c1-11-3-2-4-12(14(11)20-8-7-17-10-20)19-15(21)13-5-6-16-9-18-13/h2-10H,1H3,(H,19,21). The molecule has 0 fully saturated rings. The highest BCUT2D eigenvalue weighted by Crippen LogP contribution is 2.24. The van der Waals surface area contributed by atoms with E-state index in [1.807, 2.05) is 35.9 Å². The summed E-state index contributed by atoms with van der Waals surface area (Å²) in [5.41, 5.74) is 2.95. The molecule has 1 N–H and O–H groups in total. The van der Waals surface area contributed by atoms with Gasteiger partial charge >= 0.3 is 0 Å². The van der Waals surface area contributed by atoms with Crippen molar-refractivity contribution in [3.05, 3.63) is 66.8 Å². The molecule has 3 rings (SSSR count). The largest absolute Gasteiger partial charge is 0.319 e. The zero-order chi connectivity index (χ0) is 14.7. The fraction of sp³-hybridized carbons (Fsp3) is 0.0667. The first-order valence-corrected chi connectivity index (χ1v) is 6.41. The van der Waals surface area contributed by atoms with Crippen LogP contribution in [-0.2, 0) is 0 Å². The number of anilines is 1. The highest BCUT2D eigenvalue weighted by molar-refractivity contribution is 6.04. The van der Waals surface area contributed by atoms with Gasteiger partial charge in [-0.15, -0.1) is 0 Å². The molecule has 2 heterocycles. The number of hydrogen-bond donors (Lipinski definition) is 1. The van der Waals surface area contributed by atoms with Crippen molar-refractivity contribution in [2.24, 2.45) is 0 Å². The van der Waals surface area contributed by atoms with Crippen molar-refractivity contribution in [2.75, 3.05) is 5.32 Å². The summed E-state index contributed by atoms with van der Waals surface area (Å²) in [5.74, 6) is -0.274. The van der Waals surface area contributed by atoms with E-state index in [2.05, 4.69) is 20.3 Å². The zero-order valence-electron chi connectivity index (χ0n) is 11.4. The van der Waals surface area contributed by atoms with Crippen LogP contribution in [0.2, 0.25) is 0 Å². The van der Waals surface area contributed by atoms with E-state index in [0.29, 0.717) is 11.4 Å². The first-order valence-electron chi connectivity index (χ1n) is 6.41. The van der Waals surface area contributed by atoms with E-state index >= 15 is 0 Å². The molecule has 1 aromatic carbocycles. The number of aryl methyl sites for hydroxylation is 1. The molecule has 0 saturated heterocycles. The Kier molecular flexibility index (Phi) is 3.42. The van der Waals surface area contributed by atoms with Crippen molar-refractivity contribution in [1.29, 1.82) is 0 Å². The lowest BCUT2D eigenvalue weighted by Gasteiger charge is -2.14. The summed E-state index contributed by atoms with van der Waals surface area (Å²) in [5, 5.41) is 2.88. The molecule has 0 aliphatic rings. The van der Waals surface area contributed by atoms with E-state index in [-0.39, 0.29) is 5.91 Å². The van der Waals surface area contributed by atoms with Gasteiger partial charge < -0.3 is 9.88 Å². The quantitative estimate of drug-likeness (QED) is 0.798. The molecule has 0 radical (unpaired) electrons. The third kappa shape index (κ3) is 2.64. The topological polar surface area (TPSA) is 72.7 Å². The maximum atomic E-state index is 12.2. The van der Waals surface area contributed by atoms with Gasteiger partial charge in [0.15, 0.2) is 0 Å². The van der Waals surface area contributed by atoms with Crippen LogP contribution in [0.15, 0.2) is 55.5 Å². The first-order chi connectivity index (χ1) is 10.3. The summed E-state index contributed by atoms with van der Waals surface area (Å²) < 4.78 is 1.87. The fourth-order valence-corrected chi connectivity index (χ4v) is 2.11. The Morgan fingerprint density at radius 2 is 2.10 bits per heavy atom. The Morgan fingerprint density at radius 1 is 1.19 bits per heavy atom. The van der Waals surface area contributed by atoms with Gasteiger partial charge in [0.2, 0.25) is 0 Å². The van der Waals surface area contributed by atoms with Gasteiger partial charge in [0.05, 0.1) is 17.7 Å². The Bertz CT molecular complexity index is 753. The molecule has 0 saturated carbocycles. The number of nitrogens with zero attached hydrogens (tertiary/aromatic N) is 4. The summed E-state index contributed by atoms with van der Waals surface area (Å²) in [6.45, 7) is 1.98. The fourth-order valence-electron chi connectivity index (χ4n) is 2.11. The number of benzene rings is 1. The molecule has 21 heavy (non-hydrogen) atoms. The second-order valence-corrected chi connectivity index (χ2v) is 4.49. The van der Waals surface area contributed by atoms with Crippen LogP contribution < -0.4 is 5.32 Å². The van der Waals surface area contributed by atoms with Crippen LogP contribution in [0.5, 0.6) is 0 Å². The molecule has 1 amide bonds. The van der Waals surface area contributed by atoms with E-state index in [1.165, 1.54) is 12.5 Å². The molecule has 0 aliphatic carbocycles. The Balaban J connectivity index is 1.97. The molecular weight excluding hydrogens is 266 g/mol. The number of carbonyl (C=O) groups excluding carboxylic acids is 1. The van der Waals surface area contributed by atoms with Gasteiger partial charge in [-0.1, -0.05) is 12.1 Å². The summed E-state index contributed by atoms with van der Waals surface area (Å²) >= 11 is 0. The van der Waals surface area contributed by atoms with Crippen LogP contribution in [0.3, 0.4) is 0 Å². The molecular formula is C15H13N5O. The van der Waals surface area contributed by atoms with E-state index < -0.39 is 0 Å². The van der Waals surface area contributed by atoms with Gasteiger partial charge in [-0.25, -0.2) is 15.0 Å². The number of aromatic nitrogens is 4. The van der Waals surface area contributed by atoms with Crippen molar-refractivity contribution >= 4 is 11.6 Å². The van der Waals surface area contributed by atoms with Gasteiger partial charge in [-0.05, 0) is 24.6 Å². The van der Waals surface area contributed by atoms with E-state index in [9.17, 15) is 4.79 Å². The number of imidazole rings is 1. The number of carbonyl (C=O) groups is 1. The summed E-state index contributed by atoms with van der Waals surface area (Å²) in [7, 11) is 0. The normalized spacial score (nSPS) is 10.3. The Morgan fingerprint density at radius 3 is 2.81 bits per heavy atom. The minimum atomic E-state index is -0.274. The molecule has 2 aromatic heterocycles. The van der Waals surface area contributed by atoms with Gasteiger partial charge in [0.25, 0.3) is 5.91 Å². The maximum absolute atomic E-state index is 12.2. The number of nitrogens with one attached hydrogen (secondary N) is 1. The van der Waals surface area contributed by atoms with Crippen LogP contribution in [0.25, 0.3) is 5.69 Å². The summed E-state index contributed by atoms with van der Waals surface area (Å²) in [6, 6.07) is 7.30. The van der Waals surface area contributed by atoms with Crippen LogP contribution in [0.1, 0.15) is 16.1 Å². The highest BCUT2D eigenvalue weighted by atomic mass is 16.1. The molecule has 0 bridgehead atoms. The van der Waals surface area contributed by atoms with Crippen LogP contribution >= 0.6 is 0 Å². The minimum Gasteiger partial charge on any atom is -0.319 e. The van der Waals surface area contributed by atoms with Gasteiger partial charge in [-0.2, -0.15) is 0 Å². The van der Waals surface area contributed by atoms with Crippen LogP contribution in [0, 0.1) is 6.92 Å². The highest BCUT2D eigenvalue weighted by Gasteiger charge is 2.12. The van der Waals surface area contributed by atoms with Crippen molar-refractivity contribution in [3.8, 4) is 5.69 Å². The third-order valence-electron chi connectivity index (χ3n) is 3.06. The van der Waals surface area contributed by atoms with E-state index in [0.717, 1.165) is 11.3 Å². The van der Waals surface area contributed by atoms with Gasteiger partial charge in [0.1, 0.15) is 12.0 Å². The van der Waals surface area contributed by atoms with Crippen LogP contribution in [0.4, 0.5) is 5.69 Å². The average molecular weight is 279 g/mol. The van der Waals surface area contributed by atoms with Gasteiger partial charge in [0, 0.05) is 18.6 Å². The number of amides is 1. The van der Waals surface area contributed by atoms with Crippen molar-refractivity contribution in [2.45, 2.75) is 6.92 Å². The van der Waals surface area contributed by atoms with E-state index in [4.69, 9.17) is 0 Å². The van der Waals surface area contributed by atoms with Crippen LogP contribution in [-0.4, -0.2) is 25.4 Å². The maximum Gasteiger partial charge on any atom is 0.274 e. The summed E-state index contributed by atoms with van der Waals surface area (Å²) in [4.78, 5) is 24.0. The van der Waals surface area contributed by atoms with E-state index in [1.54, 1.807) is 18.6 Å². The molecule has 0 aliphatic heterocycles. The molecule has 0 atom stereocenters. The Labute approximate surface area is 121 Å².